The summed E-state index contributed by atoms with van der Waals surface area (Å²) < 4.78 is 12.7. The number of halogens is 2. The van der Waals surface area contributed by atoms with Crippen LogP contribution in [0.5, 0.6) is 5.75 Å². The number of rotatable bonds is 5. The van der Waals surface area contributed by atoms with E-state index in [2.05, 4.69) is 4.99 Å². The van der Waals surface area contributed by atoms with Gasteiger partial charge in [0.1, 0.15) is 5.75 Å². The van der Waals surface area contributed by atoms with Gasteiger partial charge in [-0.1, -0.05) is 52.7 Å². The number of benzene rings is 2. The van der Waals surface area contributed by atoms with Crippen molar-refractivity contribution in [3.8, 4) is 5.75 Å². The topological polar surface area (TPSA) is 69.9 Å². The number of aromatic nitrogens is 1. The first-order valence-corrected chi connectivity index (χ1v) is 12.1. The SMILES string of the molecule is COc1ccc(C2C(C(=O)OC(C)C)=C(C)N=c3s/c(=C\c4c(Cl)cccc4Cl)c(=O)n32)cc1. The van der Waals surface area contributed by atoms with Crippen molar-refractivity contribution in [1.82, 2.24) is 4.57 Å². The second-order valence-electron chi connectivity index (χ2n) is 7.94. The van der Waals surface area contributed by atoms with E-state index in [1.54, 1.807) is 64.3 Å². The van der Waals surface area contributed by atoms with Crippen molar-refractivity contribution in [3.05, 3.63) is 94.6 Å². The number of fused-ring (bicyclic) bond motifs is 1. The molecule has 6 nitrogen and oxygen atoms in total. The Morgan fingerprint density at radius 2 is 1.79 bits per heavy atom. The first-order chi connectivity index (χ1) is 16.2. The first kappa shape index (κ1) is 24.3. The second kappa shape index (κ2) is 9.78. The molecule has 34 heavy (non-hydrogen) atoms. The van der Waals surface area contributed by atoms with Crippen LogP contribution >= 0.6 is 34.5 Å². The van der Waals surface area contributed by atoms with Crippen LogP contribution in [0, 0.1) is 0 Å². The summed E-state index contributed by atoms with van der Waals surface area (Å²) >= 11 is 13.9. The average Bonchev–Trinajstić information content (AvgIpc) is 3.09. The Balaban J connectivity index is 1.97. The molecule has 2 aromatic carbocycles. The summed E-state index contributed by atoms with van der Waals surface area (Å²) in [5.41, 5.74) is 1.79. The van der Waals surface area contributed by atoms with E-state index in [4.69, 9.17) is 32.7 Å². The van der Waals surface area contributed by atoms with Gasteiger partial charge in [0.2, 0.25) is 0 Å². The predicted molar refractivity (Wildman–Crippen MR) is 134 cm³/mol. The van der Waals surface area contributed by atoms with Crippen LogP contribution in [0.3, 0.4) is 0 Å². The smallest absolute Gasteiger partial charge is 0.338 e. The molecule has 0 saturated carbocycles. The molecule has 3 aromatic rings. The molecule has 0 bridgehead atoms. The Labute approximate surface area is 210 Å². The fourth-order valence-corrected chi connectivity index (χ4v) is 5.28. The molecule has 9 heteroatoms. The maximum atomic E-state index is 13.6. The van der Waals surface area contributed by atoms with Crippen LogP contribution in [-0.2, 0) is 9.53 Å². The molecule has 0 N–H and O–H groups in total. The van der Waals surface area contributed by atoms with Gasteiger partial charge in [0.25, 0.3) is 5.56 Å². The number of hydrogen-bond donors (Lipinski definition) is 0. The van der Waals surface area contributed by atoms with Gasteiger partial charge in [0, 0.05) is 15.6 Å². The number of hydrogen-bond acceptors (Lipinski definition) is 6. The summed E-state index contributed by atoms with van der Waals surface area (Å²) in [6.45, 7) is 5.30. The molecular formula is C25H22Cl2N2O4S. The van der Waals surface area contributed by atoms with Crippen LogP contribution in [0.1, 0.15) is 37.9 Å². The van der Waals surface area contributed by atoms with Crippen LogP contribution in [0.2, 0.25) is 10.0 Å². The summed E-state index contributed by atoms with van der Waals surface area (Å²) in [5.74, 6) is 0.150. The van der Waals surface area contributed by atoms with E-state index in [9.17, 15) is 9.59 Å². The van der Waals surface area contributed by atoms with E-state index in [1.807, 2.05) is 12.1 Å². The zero-order valence-corrected chi connectivity index (χ0v) is 21.3. The van der Waals surface area contributed by atoms with Crippen molar-refractivity contribution >= 4 is 46.6 Å². The molecule has 0 aliphatic carbocycles. The van der Waals surface area contributed by atoms with Crippen LogP contribution in [0.15, 0.2) is 63.5 Å². The first-order valence-electron chi connectivity index (χ1n) is 10.5. The number of ether oxygens (including phenoxy) is 2. The molecule has 176 valence electrons. The second-order valence-corrected chi connectivity index (χ2v) is 9.77. The van der Waals surface area contributed by atoms with Crippen molar-refractivity contribution in [2.24, 2.45) is 4.99 Å². The van der Waals surface area contributed by atoms with Crippen molar-refractivity contribution in [3.63, 3.8) is 0 Å². The molecule has 1 atom stereocenters. The minimum absolute atomic E-state index is 0.303. The maximum Gasteiger partial charge on any atom is 0.338 e. The number of carbonyl (C=O) groups excluding carboxylic acids is 1. The number of thiazole rings is 1. The monoisotopic (exact) mass is 516 g/mol. The molecule has 2 heterocycles. The normalized spacial score (nSPS) is 15.9. The maximum absolute atomic E-state index is 13.6. The Morgan fingerprint density at radius 1 is 1.15 bits per heavy atom. The predicted octanol–water partition coefficient (Wildman–Crippen LogP) is 4.50. The molecule has 0 radical (unpaired) electrons. The largest absolute Gasteiger partial charge is 0.497 e. The lowest BCUT2D eigenvalue weighted by molar-refractivity contribution is -0.143. The molecule has 4 rings (SSSR count). The molecule has 1 aromatic heterocycles. The Hall–Kier alpha value is -2.87. The highest BCUT2D eigenvalue weighted by atomic mass is 35.5. The molecule has 0 fully saturated rings. The van der Waals surface area contributed by atoms with E-state index < -0.39 is 12.0 Å². The van der Waals surface area contributed by atoms with Gasteiger partial charge < -0.3 is 9.47 Å². The number of allylic oxidation sites excluding steroid dienone is 1. The lowest BCUT2D eigenvalue weighted by Gasteiger charge is -2.25. The van der Waals surface area contributed by atoms with E-state index in [-0.39, 0.29) is 11.7 Å². The average molecular weight is 517 g/mol. The zero-order valence-electron chi connectivity index (χ0n) is 19.0. The summed E-state index contributed by atoms with van der Waals surface area (Å²) in [7, 11) is 1.58. The van der Waals surface area contributed by atoms with Gasteiger partial charge in [0.05, 0.1) is 35.1 Å². The van der Waals surface area contributed by atoms with Gasteiger partial charge in [-0.25, -0.2) is 9.79 Å². The number of methoxy groups -OCH3 is 1. The summed E-state index contributed by atoms with van der Waals surface area (Å²) in [6.07, 6.45) is 1.33. The Kier molecular flexibility index (Phi) is 6.98. The summed E-state index contributed by atoms with van der Waals surface area (Å²) in [4.78, 5) is 31.8. The Bertz CT molecular complexity index is 1450. The Morgan fingerprint density at radius 3 is 2.38 bits per heavy atom. The molecule has 1 unspecified atom stereocenters. The number of carbonyl (C=O) groups is 1. The third-order valence-corrected chi connectivity index (χ3v) is 6.93. The van der Waals surface area contributed by atoms with E-state index >= 15 is 0 Å². The van der Waals surface area contributed by atoms with Gasteiger partial charge in [-0.2, -0.15) is 0 Å². The van der Waals surface area contributed by atoms with E-state index in [0.717, 1.165) is 5.56 Å². The summed E-state index contributed by atoms with van der Waals surface area (Å²) in [5, 5.41) is 0.866. The minimum atomic E-state index is -0.711. The van der Waals surface area contributed by atoms with Gasteiger partial charge in [0.15, 0.2) is 4.80 Å². The van der Waals surface area contributed by atoms with Crippen LogP contribution in [0.25, 0.3) is 6.08 Å². The fourth-order valence-electron chi connectivity index (χ4n) is 3.74. The van der Waals surface area contributed by atoms with Crippen molar-refractivity contribution in [2.75, 3.05) is 7.11 Å². The third-order valence-electron chi connectivity index (χ3n) is 5.29. The van der Waals surface area contributed by atoms with Crippen molar-refractivity contribution in [1.29, 1.82) is 0 Å². The van der Waals surface area contributed by atoms with Crippen LogP contribution in [-0.4, -0.2) is 23.8 Å². The van der Waals surface area contributed by atoms with Crippen molar-refractivity contribution < 1.29 is 14.3 Å². The lowest BCUT2D eigenvalue weighted by Crippen LogP contribution is -2.40. The van der Waals surface area contributed by atoms with Crippen LogP contribution < -0.4 is 19.6 Å². The van der Waals surface area contributed by atoms with Gasteiger partial charge in [-0.15, -0.1) is 0 Å². The molecule has 0 amide bonds. The molecule has 1 aliphatic heterocycles. The molecule has 0 saturated heterocycles. The van der Waals surface area contributed by atoms with Crippen molar-refractivity contribution in [2.45, 2.75) is 32.9 Å². The fraction of sp³-hybridized carbons (Fsp3) is 0.240. The minimum Gasteiger partial charge on any atom is -0.497 e. The highest BCUT2D eigenvalue weighted by Gasteiger charge is 2.33. The highest BCUT2D eigenvalue weighted by Crippen LogP contribution is 2.32. The molecule has 1 aliphatic rings. The van der Waals surface area contributed by atoms with Gasteiger partial charge >= 0.3 is 5.97 Å². The number of esters is 1. The van der Waals surface area contributed by atoms with Crippen LogP contribution in [0.4, 0.5) is 0 Å². The van der Waals surface area contributed by atoms with E-state index in [1.165, 1.54) is 15.9 Å². The zero-order chi connectivity index (χ0) is 24.6. The van der Waals surface area contributed by atoms with Gasteiger partial charge in [-0.05, 0) is 56.7 Å². The number of nitrogens with zero attached hydrogens (tertiary/aromatic N) is 2. The lowest BCUT2D eigenvalue weighted by atomic mass is 9.96. The summed E-state index contributed by atoms with van der Waals surface area (Å²) in [6, 6.07) is 11.7. The van der Waals surface area contributed by atoms with Gasteiger partial charge in [-0.3, -0.25) is 9.36 Å². The third kappa shape index (κ3) is 4.56. The standard InChI is InChI=1S/C25H22Cl2N2O4S/c1-13(2)33-24(31)21-14(3)28-25-29(22(21)15-8-10-16(32-4)11-9-15)23(30)20(34-25)12-17-18(26)6-5-7-19(17)27/h5-13,22H,1-4H3/b20-12-. The highest BCUT2D eigenvalue weighted by molar-refractivity contribution is 7.07. The molecular weight excluding hydrogens is 495 g/mol. The van der Waals surface area contributed by atoms with E-state index in [0.29, 0.717) is 42.0 Å². The quantitative estimate of drug-likeness (QED) is 0.468. The molecule has 0 spiro atoms.